The zero-order chi connectivity index (χ0) is 45.2. The third-order valence-corrected chi connectivity index (χ3v) is 9.15. The van der Waals surface area contributed by atoms with Gasteiger partial charge in [0.15, 0.2) is 11.6 Å². The topological polar surface area (TPSA) is 310 Å². The molecule has 2 atom stereocenters. The van der Waals surface area contributed by atoms with Gasteiger partial charge in [-0.3, -0.25) is 9.59 Å². The van der Waals surface area contributed by atoms with E-state index < -0.39 is 89.5 Å². The van der Waals surface area contributed by atoms with Crippen molar-refractivity contribution in [3.8, 4) is 0 Å². The molecule has 0 N–H and O–H groups in total. The largest absolute Gasteiger partial charge is 0.463 e. The molecule has 0 aromatic heterocycles. The first-order valence-corrected chi connectivity index (χ1v) is 19.7. The summed E-state index contributed by atoms with van der Waals surface area (Å²) < 4.78 is 78.2. The van der Waals surface area contributed by atoms with Gasteiger partial charge in [0.2, 0.25) is 12.1 Å². The quantitative estimate of drug-likeness (QED) is 0.0349. The van der Waals surface area contributed by atoms with Crippen LogP contribution in [-0.2, 0) is 85.9 Å². The van der Waals surface area contributed by atoms with Gasteiger partial charge in [0.25, 0.3) is 0 Å². The first-order valence-electron chi connectivity index (χ1n) is 16.9. The minimum Gasteiger partial charge on any atom is -0.463 e. The van der Waals surface area contributed by atoms with Gasteiger partial charge >= 0.3 is 56.1 Å². The molecule has 0 amide bonds. The predicted molar refractivity (Wildman–Crippen MR) is 200 cm³/mol. The van der Waals surface area contributed by atoms with Crippen molar-refractivity contribution in [2.45, 2.75) is 63.4 Å². The maximum atomic E-state index is 12.6. The molecule has 60 heavy (non-hydrogen) atoms. The number of esters is 4. The average Bonchev–Trinajstić information content (AvgIpc) is 3.18. The Morgan fingerprint density at radius 1 is 0.550 bits per heavy atom. The van der Waals surface area contributed by atoms with Crippen molar-refractivity contribution in [2.75, 3.05) is 13.2 Å². The number of rotatable bonds is 20. The van der Waals surface area contributed by atoms with Crippen molar-refractivity contribution in [1.82, 2.24) is 0 Å². The van der Waals surface area contributed by atoms with Gasteiger partial charge in [0.05, 0.1) is 35.7 Å². The van der Waals surface area contributed by atoms with Gasteiger partial charge in [0, 0.05) is 12.2 Å². The lowest BCUT2D eigenvalue weighted by Crippen LogP contribution is -2.27. The highest BCUT2D eigenvalue weighted by Crippen LogP contribution is 2.21. The number of nitrogens with zero attached hydrogens (tertiary/aromatic N) is 4. The van der Waals surface area contributed by atoms with Crippen LogP contribution in [0.3, 0.4) is 0 Å². The second kappa shape index (κ2) is 22.8. The molecule has 2 unspecified atom stereocenters. The second-order valence-electron chi connectivity index (χ2n) is 11.4. The highest BCUT2D eigenvalue weighted by atomic mass is 32.2. The maximum absolute atomic E-state index is 12.6. The van der Waals surface area contributed by atoms with E-state index in [4.69, 9.17) is 18.9 Å². The van der Waals surface area contributed by atoms with Crippen LogP contribution in [0.2, 0.25) is 0 Å². The van der Waals surface area contributed by atoms with E-state index in [-0.39, 0.29) is 47.9 Å². The van der Waals surface area contributed by atoms with Crippen LogP contribution in [0, 0.1) is 0 Å². The van der Waals surface area contributed by atoms with E-state index in [0.717, 1.165) is 74.9 Å². The lowest BCUT2D eigenvalue weighted by atomic mass is 10.2. The number of benzene rings is 2. The van der Waals surface area contributed by atoms with Crippen LogP contribution in [0.25, 0.3) is 0 Å². The van der Waals surface area contributed by atoms with Crippen LogP contribution in [0.1, 0.15) is 41.5 Å². The van der Waals surface area contributed by atoms with Crippen LogP contribution in [-0.4, -0.2) is 89.5 Å². The summed E-state index contributed by atoms with van der Waals surface area (Å²) in [4.78, 5) is 95.0. The fourth-order valence-electron chi connectivity index (χ4n) is 3.71. The Balaban J connectivity index is 2.03. The Bertz CT molecular complexity index is 2200. The van der Waals surface area contributed by atoms with Crippen molar-refractivity contribution in [3.63, 3.8) is 0 Å². The van der Waals surface area contributed by atoms with Crippen molar-refractivity contribution in [3.05, 3.63) is 84.4 Å². The van der Waals surface area contributed by atoms with E-state index in [1.165, 1.54) is 13.8 Å². The van der Waals surface area contributed by atoms with Gasteiger partial charge < -0.3 is 27.3 Å². The van der Waals surface area contributed by atoms with Crippen LogP contribution in [0.4, 0.5) is 11.4 Å². The van der Waals surface area contributed by atoms with Gasteiger partial charge in [-0.1, -0.05) is 0 Å². The molecule has 2 rings (SSSR count). The van der Waals surface area contributed by atoms with Gasteiger partial charge in [-0.05, 0) is 90.1 Å². The zero-order valence-electron chi connectivity index (χ0n) is 32.5. The minimum absolute atomic E-state index is 0.0580. The molecule has 0 heterocycles. The van der Waals surface area contributed by atoms with Gasteiger partial charge in [-0.2, -0.15) is 37.3 Å². The Morgan fingerprint density at radius 3 is 1.15 bits per heavy atom. The molecule has 0 saturated heterocycles. The zero-order valence-corrected chi connectivity index (χ0v) is 34.1. The fourth-order valence-corrected chi connectivity index (χ4v) is 5.38. The monoisotopic (exact) mass is 876 g/mol. The predicted octanol–water partition coefficient (Wildman–Crippen LogP) is 3.51. The Morgan fingerprint density at radius 2 is 0.867 bits per heavy atom. The van der Waals surface area contributed by atoms with Gasteiger partial charge in [0.1, 0.15) is 22.3 Å². The molecule has 0 bridgehead atoms. The highest BCUT2D eigenvalue weighted by Gasteiger charge is 2.27. The van der Waals surface area contributed by atoms with Crippen LogP contribution in [0.5, 0.6) is 0 Å². The molecule has 24 heteroatoms. The van der Waals surface area contributed by atoms with E-state index in [1.54, 1.807) is 13.8 Å². The van der Waals surface area contributed by atoms with Crippen molar-refractivity contribution in [2.24, 2.45) is 20.5 Å². The van der Waals surface area contributed by atoms with Gasteiger partial charge in [-0.25, -0.2) is 28.8 Å². The van der Waals surface area contributed by atoms with Crippen molar-refractivity contribution >= 4 is 79.0 Å². The molecule has 0 spiro atoms. The maximum Gasteiger partial charge on any atom is 0.347 e. The molecule has 2 aromatic carbocycles. The van der Waals surface area contributed by atoms with E-state index in [9.17, 15) is 55.2 Å². The molecular formula is C36H36N4O18S2. The first-order chi connectivity index (χ1) is 28.1. The van der Waals surface area contributed by atoms with Crippen LogP contribution >= 0.6 is 0 Å². The third kappa shape index (κ3) is 15.7. The summed E-state index contributed by atoms with van der Waals surface area (Å²) in [6.07, 6.45) is 2.11. The Kier molecular flexibility index (Phi) is 18.6. The summed E-state index contributed by atoms with van der Waals surface area (Å²) >= 11 is 0. The van der Waals surface area contributed by atoms with Crippen LogP contribution in [0.15, 0.2) is 115 Å². The molecule has 0 aliphatic carbocycles. The SMILES string of the molecule is CCOC(=O)C(C)=COC(=O)C(N=Nc1ccc(S(=O)(=O)OC(=O)C=CC(=O)OS(=O)(=O)c2ccc(N=NC(C(C)=O)C(=O)OC=C(C)C(=O)OCC)cc2)cc1)C(C)=O. The summed E-state index contributed by atoms with van der Waals surface area (Å²) in [5.41, 5.74) is -0.257. The standard InChI is InChI=1S/C36H36N4O18S2/c1-7-53-33(45)21(3)19-55-35(47)31(23(5)41)39-37-25-9-13-27(14-10-25)59(49,50)57-29(43)17-18-30(44)58-60(51,52)28-15-11-26(12-16-28)38-40-32(24(6)42)36(48)56-20-22(4)34(46)54-8-2/h9-20,31-32H,7-8H2,1-6H3. The molecule has 0 aliphatic rings. The molecule has 0 radical (unpaired) electrons. The normalized spacial score (nSPS) is 13.3. The van der Waals surface area contributed by atoms with Crippen molar-refractivity contribution < 1.29 is 82.5 Å². The number of Topliss-reactive ketones (excluding diaryl/α,β-unsaturated/α-hetero) is 2. The number of carbonyl (C=O) groups excluding carboxylic acids is 8. The van der Waals surface area contributed by atoms with E-state index in [2.05, 4.69) is 28.8 Å². The molecule has 0 fully saturated rings. The number of hydrogen-bond acceptors (Lipinski definition) is 22. The Labute approximate surface area is 342 Å². The summed E-state index contributed by atoms with van der Waals surface area (Å²) in [6.45, 7) is 7.95. The lowest BCUT2D eigenvalue weighted by Gasteiger charge is -2.07. The number of ketones is 2. The summed E-state index contributed by atoms with van der Waals surface area (Å²) in [5.74, 6) is -8.67. The van der Waals surface area contributed by atoms with E-state index in [1.807, 2.05) is 0 Å². The molecule has 0 saturated carbocycles. The second-order valence-corrected chi connectivity index (χ2v) is 14.5. The number of ether oxygens (including phenoxy) is 4. The minimum atomic E-state index is -4.82. The van der Waals surface area contributed by atoms with Crippen LogP contribution < -0.4 is 0 Å². The lowest BCUT2D eigenvalue weighted by molar-refractivity contribution is -0.145. The highest BCUT2D eigenvalue weighted by molar-refractivity contribution is 7.87. The number of hydrogen-bond donors (Lipinski definition) is 0. The summed E-state index contributed by atoms with van der Waals surface area (Å²) in [5, 5.41) is 14.6. The smallest absolute Gasteiger partial charge is 0.347 e. The number of azo groups is 2. The molecular weight excluding hydrogens is 841 g/mol. The van der Waals surface area contributed by atoms with E-state index in [0.29, 0.717) is 0 Å². The van der Waals surface area contributed by atoms with Crippen molar-refractivity contribution in [1.29, 1.82) is 0 Å². The average molecular weight is 877 g/mol. The summed E-state index contributed by atoms with van der Waals surface area (Å²) in [6, 6.07) is 4.48. The van der Waals surface area contributed by atoms with Gasteiger partial charge in [-0.15, -0.1) is 0 Å². The fraction of sp³-hybridized carbons (Fsp3) is 0.278. The third-order valence-electron chi connectivity index (χ3n) is 6.68. The first kappa shape index (κ1) is 49.1. The summed E-state index contributed by atoms with van der Waals surface area (Å²) in [7, 11) is -9.64. The molecule has 320 valence electrons. The molecule has 0 aliphatic heterocycles. The Hall–Kier alpha value is -7.08. The van der Waals surface area contributed by atoms with E-state index >= 15 is 0 Å². The molecule has 2 aromatic rings. The molecule has 22 nitrogen and oxygen atoms in total. The number of carbonyl (C=O) groups is 8.